The highest BCUT2D eigenvalue weighted by atomic mass is 19.1. The van der Waals surface area contributed by atoms with Crippen molar-refractivity contribution in [1.29, 1.82) is 0 Å². The molecule has 2 aliphatic heterocycles. The van der Waals surface area contributed by atoms with E-state index in [1.54, 1.807) is 6.20 Å². The third kappa shape index (κ3) is 3.42. The Morgan fingerprint density at radius 1 is 1.28 bits per heavy atom. The van der Waals surface area contributed by atoms with Crippen molar-refractivity contribution in [3.8, 4) is 0 Å². The van der Waals surface area contributed by atoms with Gasteiger partial charge in [-0.25, -0.2) is 4.39 Å². The van der Waals surface area contributed by atoms with Crippen molar-refractivity contribution < 1.29 is 9.18 Å². The van der Waals surface area contributed by atoms with E-state index in [4.69, 9.17) is 0 Å². The number of nitrogens with zero attached hydrogens (tertiary/aromatic N) is 3. The fourth-order valence-corrected chi connectivity index (χ4v) is 3.96. The van der Waals surface area contributed by atoms with Crippen molar-refractivity contribution in [1.82, 2.24) is 9.88 Å². The number of hydrogen-bond donors (Lipinski definition) is 0. The third-order valence-electron chi connectivity index (χ3n) is 5.24. The van der Waals surface area contributed by atoms with Gasteiger partial charge < -0.3 is 4.90 Å². The van der Waals surface area contributed by atoms with Crippen molar-refractivity contribution in [2.45, 2.75) is 38.3 Å². The third-order valence-corrected chi connectivity index (χ3v) is 5.24. The lowest BCUT2D eigenvalue weighted by atomic mass is 10.1. The Morgan fingerprint density at radius 3 is 3.04 bits per heavy atom. The summed E-state index contributed by atoms with van der Waals surface area (Å²) < 4.78 is 13.3. The fourth-order valence-electron chi connectivity index (χ4n) is 3.96. The van der Waals surface area contributed by atoms with E-state index in [-0.39, 0.29) is 11.7 Å². The van der Waals surface area contributed by atoms with Crippen LogP contribution in [0.5, 0.6) is 0 Å². The number of benzene rings is 1. The molecule has 130 valence electrons. The van der Waals surface area contributed by atoms with Crippen LogP contribution in [0.3, 0.4) is 0 Å². The van der Waals surface area contributed by atoms with Gasteiger partial charge in [0.05, 0.1) is 6.20 Å². The van der Waals surface area contributed by atoms with Gasteiger partial charge in [-0.1, -0.05) is 18.2 Å². The predicted octanol–water partition coefficient (Wildman–Crippen LogP) is 3.16. The van der Waals surface area contributed by atoms with Gasteiger partial charge in [0.15, 0.2) is 0 Å². The summed E-state index contributed by atoms with van der Waals surface area (Å²) in [5.74, 6) is -0.253. The highest BCUT2D eigenvalue weighted by Gasteiger charge is 2.33. The van der Waals surface area contributed by atoms with Crippen molar-refractivity contribution in [2.75, 3.05) is 18.0 Å². The van der Waals surface area contributed by atoms with Crippen LogP contribution in [0.4, 0.5) is 10.1 Å². The molecule has 0 saturated carbocycles. The number of carbonyl (C=O) groups excluding carboxylic acids is 1. The number of pyridine rings is 1. The Bertz CT molecular complexity index is 779. The fraction of sp³-hybridized carbons (Fsp3) is 0.400. The van der Waals surface area contributed by atoms with Gasteiger partial charge in [0.2, 0.25) is 5.91 Å². The molecule has 0 bridgehead atoms. The summed E-state index contributed by atoms with van der Waals surface area (Å²) in [6, 6.07) is 10.1. The number of para-hydroxylation sites is 1. The van der Waals surface area contributed by atoms with E-state index in [0.717, 1.165) is 37.3 Å². The number of halogens is 1. The number of aromatic nitrogens is 1. The van der Waals surface area contributed by atoms with Crippen molar-refractivity contribution in [3.63, 3.8) is 0 Å². The predicted molar refractivity (Wildman–Crippen MR) is 94.7 cm³/mol. The molecule has 1 aromatic heterocycles. The number of rotatable bonds is 3. The minimum absolute atomic E-state index is 0.102. The van der Waals surface area contributed by atoms with E-state index >= 15 is 0 Å². The van der Waals surface area contributed by atoms with Crippen molar-refractivity contribution in [2.24, 2.45) is 0 Å². The first-order chi connectivity index (χ1) is 12.2. The minimum atomic E-state index is -0.355. The molecule has 4 rings (SSSR count). The lowest BCUT2D eigenvalue weighted by Gasteiger charge is -2.26. The van der Waals surface area contributed by atoms with Crippen LogP contribution in [-0.2, 0) is 17.8 Å². The summed E-state index contributed by atoms with van der Waals surface area (Å²) in [4.78, 5) is 21.2. The Hall–Kier alpha value is -2.27. The monoisotopic (exact) mass is 339 g/mol. The van der Waals surface area contributed by atoms with Gasteiger partial charge >= 0.3 is 0 Å². The smallest absolute Gasteiger partial charge is 0.227 e. The molecule has 4 nitrogen and oxygen atoms in total. The maximum atomic E-state index is 13.3. The average Bonchev–Trinajstić information content (AvgIpc) is 2.99. The van der Waals surface area contributed by atoms with E-state index < -0.39 is 0 Å². The molecule has 1 saturated heterocycles. The molecule has 0 spiro atoms. The van der Waals surface area contributed by atoms with Gasteiger partial charge in [-0.05, 0) is 49.1 Å². The Labute approximate surface area is 147 Å². The number of carbonyl (C=O) groups is 1. The van der Waals surface area contributed by atoms with E-state index in [9.17, 15) is 9.18 Å². The standard InChI is InChI=1S/C20H22FN3O/c21-17-10-15(11-22-12-17)7-8-20(25)24-14-18-5-3-9-23(18)13-16-4-1-2-6-19(16)24/h1-2,4,6,10-12,18H,3,5,7-9,13-14H2/t18-/m0/s1. The Morgan fingerprint density at radius 2 is 2.16 bits per heavy atom. The molecule has 1 atom stereocenters. The Balaban J connectivity index is 1.54. The van der Waals surface area contributed by atoms with Gasteiger partial charge in [-0.2, -0.15) is 0 Å². The SMILES string of the molecule is O=C(CCc1cncc(F)c1)N1C[C@@H]2CCCN2Cc2ccccc21. The highest BCUT2D eigenvalue weighted by molar-refractivity contribution is 5.94. The second kappa shape index (κ2) is 6.92. The molecule has 0 radical (unpaired) electrons. The molecule has 1 amide bonds. The molecule has 0 unspecified atom stereocenters. The van der Waals surface area contributed by atoms with Crippen molar-refractivity contribution >= 4 is 11.6 Å². The number of fused-ring (bicyclic) bond motifs is 2. The topological polar surface area (TPSA) is 36.4 Å². The van der Waals surface area contributed by atoms with E-state index in [2.05, 4.69) is 16.0 Å². The van der Waals surface area contributed by atoms with Crippen LogP contribution < -0.4 is 4.90 Å². The van der Waals surface area contributed by atoms with Crippen LogP contribution >= 0.6 is 0 Å². The largest absolute Gasteiger partial charge is 0.311 e. The summed E-state index contributed by atoms with van der Waals surface area (Å²) >= 11 is 0. The van der Waals surface area contributed by atoms with Crippen LogP contribution in [0.1, 0.15) is 30.4 Å². The average molecular weight is 339 g/mol. The molecule has 5 heteroatoms. The number of amides is 1. The maximum absolute atomic E-state index is 13.3. The van der Waals surface area contributed by atoms with Gasteiger partial charge in [0.25, 0.3) is 0 Å². The zero-order valence-corrected chi connectivity index (χ0v) is 14.2. The second-order valence-corrected chi connectivity index (χ2v) is 6.91. The van der Waals surface area contributed by atoms with Crippen LogP contribution in [0.2, 0.25) is 0 Å². The minimum Gasteiger partial charge on any atom is -0.311 e. The lowest BCUT2D eigenvalue weighted by Crippen LogP contribution is -2.40. The molecule has 2 aliphatic rings. The molecule has 1 aromatic carbocycles. The molecule has 0 N–H and O–H groups in total. The molecule has 3 heterocycles. The molecule has 25 heavy (non-hydrogen) atoms. The number of hydrogen-bond acceptors (Lipinski definition) is 3. The molecule has 1 fully saturated rings. The quantitative estimate of drug-likeness (QED) is 0.862. The lowest BCUT2D eigenvalue weighted by molar-refractivity contribution is -0.118. The van der Waals surface area contributed by atoms with E-state index in [0.29, 0.717) is 18.9 Å². The van der Waals surface area contributed by atoms with Gasteiger partial charge in [-0.15, -0.1) is 0 Å². The summed E-state index contributed by atoms with van der Waals surface area (Å²) in [5, 5.41) is 0. The van der Waals surface area contributed by atoms with E-state index in [1.807, 2.05) is 23.1 Å². The summed E-state index contributed by atoms with van der Waals surface area (Å²) in [6.45, 7) is 2.77. The van der Waals surface area contributed by atoms with Crippen LogP contribution in [-0.4, -0.2) is 34.9 Å². The summed E-state index contributed by atoms with van der Waals surface area (Å²) in [5.41, 5.74) is 3.01. The first-order valence-electron chi connectivity index (χ1n) is 8.92. The maximum Gasteiger partial charge on any atom is 0.227 e. The van der Waals surface area contributed by atoms with Gasteiger partial charge in [0, 0.05) is 37.4 Å². The highest BCUT2D eigenvalue weighted by Crippen LogP contribution is 2.31. The zero-order valence-electron chi connectivity index (χ0n) is 14.2. The van der Waals surface area contributed by atoms with E-state index in [1.165, 1.54) is 24.2 Å². The molecule has 2 aromatic rings. The van der Waals surface area contributed by atoms with Gasteiger partial charge in [0.1, 0.15) is 5.82 Å². The molecule has 0 aliphatic carbocycles. The van der Waals surface area contributed by atoms with Crippen LogP contribution in [0.15, 0.2) is 42.7 Å². The van der Waals surface area contributed by atoms with Gasteiger partial charge in [-0.3, -0.25) is 14.7 Å². The molecular weight excluding hydrogens is 317 g/mol. The van der Waals surface area contributed by atoms with Crippen molar-refractivity contribution in [3.05, 3.63) is 59.7 Å². The number of aryl methyl sites for hydroxylation is 1. The molecular formula is C20H22FN3O. The second-order valence-electron chi connectivity index (χ2n) is 6.91. The van der Waals surface area contributed by atoms with Crippen LogP contribution in [0, 0.1) is 5.82 Å². The normalized spacial score (nSPS) is 20.0. The first-order valence-corrected chi connectivity index (χ1v) is 8.92. The zero-order chi connectivity index (χ0) is 17.2. The first kappa shape index (κ1) is 16.2. The summed E-state index contributed by atoms with van der Waals surface area (Å²) in [6.07, 6.45) is 6.04. The summed E-state index contributed by atoms with van der Waals surface area (Å²) in [7, 11) is 0. The number of anilines is 1. The van der Waals surface area contributed by atoms with Crippen LogP contribution in [0.25, 0.3) is 0 Å². The Kier molecular flexibility index (Phi) is 4.49.